The molecule has 0 heterocycles. The Bertz CT molecular complexity index is 809. The van der Waals surface area contributed by atoms with Gasteiger partial charge < -0.3 is 4.74 Å². The summed E-state index contributed by atoms with van der Waals surface area (Å²) in [6, 6.07) is 14.3. The average Bonchev–Trinajstić information content (AvgIpc) is 2.54. The highest BCUT2D eigenvalue weighted by molar-refractivity contribution is 7.89. The fourth-order valence-corrected chi connectivity index (χ4v) is 3.91. The maximum Gasteiger partial charge on any atom is 0.241 e. The van der Waals surface area contributed by atoms with Crippen molar-refractivity contribution in [3.63, 3.8) is 0 Å². The third-order valence-electron chi connectivity index (χ3n) is 4.00. The maximum atomic E-state index is 12.8. The lowest BCUT2D eigenvalue weighted by Crippen LogP contribution is -2.27. The zero-order valence-corrected chi connectivity index (χ0v) is 16.4. The van der Waals surface area contributed by atoms with Gasteiger partial charge in [-0.3, -0.25) is 0 Å². The summed E-state index contributed by atoms with van der Waals surface area (Å²) in [4.78, 5) is 0.253. The Morgan fingerprint density at radius 1 is 1.08 bits per heavy atom. The van der Waals surface area contributed by atoms with Gasteiger partial charge in [-0.15, -0.1) is 0 Å². The molecule has 0 radical (unpaired) electrons. The molecule has 2 aromatic carbocycles. The SMILES string of the molecule is CCOc1ccc(S(=O)(=O)NC(C)c2ccccc2)cc1C(C)(C)C. The van der Waals surface area contributed by atoms with E-state index in [0.717, 1.165) is 16.9 Å². The fourth-order valence-electron chi connectivity index (χ4n) is 2.65. The Balaban J connectivity index is 2.36. The van der Waals surface area contributed by atoms with Crippen molar-refractivity contribution in [2.75, 3.05) is 6.61 Å². The van der Waals surface area contributed by atoms with E-state index >= 15 is 0 Å². The van der Waals surface area contributed by atoms with Gasteiger partial charge in [0.25, 0.3) is 0 Å². The van der Waals surface area contributed by atoms with E-state index in [0.29, 0.717) is 6.61 Å². The number of hydrogen-bond acceptors (Lipinski definition) is 3. The summed E-state index contributed by atoms with van der Waals surface area (Å²) in [6.07, 6.45) is 0. The van der Waals surface area contributed by atoms with E-state index in [2.05, 4.69) is 4.72 Å². The van der Waals surface area contributed by atoms with Crippen molar-refractivity contribution >= 4 is 10.0 Å². The Morgan fingerprint density at radius 3 is 2.28 bits per heavy atom. The van der Waals surface area contributed by atoms with Crippen LogP contribution in [-0.2, 0) is 15.4 Å². The largest absolute Gasteiger partial charge is 0.494 e. The van der Waals surface area contributed by atoms with Crippen molar-refractivity contribution in [2.24, 2.45) is 0 Å². The summed E-state index contributed by atoms with van der Waals surface area (Å²) >= 11 is 0. The minimum Gasteiger partial charge on any atom is -0.494 e. The van der Waals surface area contributed by atoms with Crippen LogP contribution in [0.4, 0.5) is 0 Å². The lowest BCUT2D eigenvalue weighted by Gasteiger charge is -2.24. The van der Waals surface area contributed by atoms with Gasteiger partial charge in [0.1, 0.15) is 5.75 Å². The third kappa shape index (κ3) is 4.83. The maximum absolute atomic E-state index is 12.8. The van der Waals surface area contributed by atoms with E-state index < -0.39 is 10.0 Å². The quantitative estimate of drug-likeness (QED) is 0.828. The van der Waals surface area contributed by atoms with E-state index in [1.54, 1.807) is 18.2 Å². The molecule has 0 fully saturated rings. The van der Waals surface area contributed by atoms with Crippen molar-refractivity contribution in [1.82, 2.24) is 4.72 Å². The van der Waals surface area contributed by atoms with Crippen LogP contribution in [0, 0.1) is 0 Å². The van der Waals surface area contributed by atoms with Crippen LogP contribution < -0.4 is 9.46 Å². The van der Waals surface area contributed by atoms with Crippen molar-refractivity contribution < 1.29 is 13.2 Å². The molecule has 0 amide bonds. The first-order valence-electron chi connectivity index (χ1n) is 8.49. The van der Waals surface area contributed by atoms with Gasteiger partial charge in [0.05, 0.1) is 11.5 Å². The highest BCUT2D eigenvalue weighted by atomic mass is 32.2. The Morgan fingerprint density at radius 2 is 1.72 bits per heavy atom. The van der Waals surface area contributed by atoms with Crippen LogP contribution in [0.15, 0.2) is 53.4 Å². The first-order chi connectivity index (χ1) is 11.6. The van der Waals surface area contributed by atoms with Gasteiger partial charge >= 0.3 is 0 Å². The number of sulfonamides is 1. The molecule has 1 N–H and O–H groups in total. The summed E-state index contributed by atoms with van der Waals surface area (Å²) < 4.78 is 34.0. The van der Waals surface area contributed by atoms with Crippen LogP contribution in [0.5, 0.6) is 5.75 Å². The number of rotatable bonds is 6. The molecule has 0 spiro atoms. The van der Waals surface area contributed by atoms with E-state index in [4.69, 9.17) is 4.74 Å². The van der Waals surface area contributed by atoms with Crippen molar-refractivity contribution in [3.8, 4) is 5.75 Å². The topological polar surface area (TPSA) is 55.4 Å². The van der Waals surface area contributed by atoms with Crippen LogP contribution in [-0.4, -0.2) is 15.0 Å². The number of hydrogen-bond donors (Lipinski definition) is 1. The van der Waals surface area contributed by atoms with E-state index in [-0.39, 0.29) is 16.4 Å². The Kier molecular flexibility index (Phi) is 5.91. The first-order valence-corrected chi connectivity index (χ1v) is 9.98. The molecule has 0 bridgehead atoms. The van der Waals surface area contributed by atoms with Crippen LogP contribution in [0.1, 0.15) is 51.8 Å². The average molecular weight is 362 g/mol. The number of benzene rings is 2. The molecule has 25 heavy (non-hydrogen) atoms. The molecule has 5 heteroatoms. The van der Waals surface area contributed by atoms with Crippen molar-refractivity contribution in [1.29, 1.82) is 0 Å². The standard InChI is InChI=1S/C20H27NO3S/c1-6-24-19-13-12-17(14-18(19)20(3,4)5)25(22,23)21-15(2)16-10-8-7-9-11-16/h7-15,21H,6H2,1-5H3. The molecular formula is C20H27NO3S. The van der Waals surface area contributed by atoms with Gasteiger partial charge in [0.15, 0.2) is 0 Å². The van der Waals surface area contributed by atoms with E-state index in [9.17, 15) is 8.42 Å². The molecule has 1 unspecified atom stereocenters. The molecule has 0 aromatic heterocycles. The second-order valence-corrected chi connectivity index (χ2v) is 8.81. The minimum absolute atomic E-state index is 0.221. The van der Waals surface area contributed by atoms with Crippen LogP contribution in [0.3, 0.4) is 0 Å². The predicted octanol–water partition coefficient (Wildman–Crippen LogP) is 4.42. The summed E-state index contributed by atoms with van der Waals surface area (Å²) in [5.41, 5.74) is 1.58. The highest BCUT2D eigenvalue weighted by Gasteiger charge is 2.24. The van der Waals surface area contributed by atoms with E-state index in [1.807, 2.05) is 65.0 Å². The van der Waals surface area contributed by atoms with Crippen LogP contribution in [0.25, 0.3) is 0 Å². The summed E-state index contributed by atoms with van der Waals surface area (Å²) in [5.74, 6) is 0.727. The molecule has 2 rings (SSSR count). The summed E-state index contributed by atoms with van der Waals surface area (Å²) in [7, 11) is -3.63. The van der Waals surface area contributed by atoms with E-state index in [1.165, 1.54) is 0 Å². The number of ether oxygens (including phenoxy) is 1. The fraction of sp³-hybridized carbons (Fsp3) is 0.400. The molecular weight excluding hydrogens is 334 g/mol. The Hall–Kier alpha value is -1.85. The normalized spacial score (nSPS) is 13.5. The van der Waals surface area contributed by atoms with Gasteiger partial charge in [-0.05, 0) is 43.0 Å². The molecule has 0 saturated carbocycles. The predicted molar refractivity (Wildman–Crippen MR) is 101 cm³/mol. The van der Waals surface area contributed by atoms with Crippen molar-refractivity contribution in [2.45, 2.75) is 51.0 Å². The highest BCUT2D eigenvalue weighted by Crippen LogP contribution is 2.33. The summed E-state index contributed by atoms with van der Waals surface area (Å²) in [5, 5.41) is 0. The molecule has 1 atom stereocenters. The zero-order chi connectivity index (χ0) is 18.7. The molecule has 4 nitrogen and oxygen atoms in total. The molecule has 0 saturated heterocycles. The van der Waals surface area contributed by atoms with Gasteiger partial charge in [-0.2, -0.15) is 0 Å². The van der Waals surface area contributed by atoms with Crippen LogP contribution in [0.2, 0.25) is 0 Å². The minimum atomic E-state index is -3.63. The van der Waals surface area contributed by atoms with Gasteiger partial charge in [0, 0.05) is 11.6 Å². The van der Waals surface area contributed by atoms with Crippen molar-refractivity contribution in [3.05, 3.63) is 59.7 Å². The smallest absolute Gasteiger partial charge is 0.241 e. The third-order valence-corrected chi connectivity index (χ3v) is 5.54. The lowest BCUT2D eigenvalue weighted by molar-refractivity contribution is 0.329. The Labute approximate surface area is 151 Å². The van der Waals surface area contributed by atoms with Gasteiger partial charge in [-0.25, -0.2) is 13.1 Å². The van der Waals surface area contributed by atoms with Gasteiger partial charge in [0.2, 0.25) is 10.0 Å². The molecule has 0 aliphatic rings. The number of nitrogens with one attached hydrogen (secondary N) is 1. The second kappa shape index (κ2) is 7.58. The molecule has 0 aliphatic carbocycles. The van der Waals surface area contributed by atoms with Gasteiger partial charge in [-0.1, -0.05) is 51.1 Å². The monoisotopic (exact) mass is 361 g/mol. The first kappa shape index (κ1) is 19.5. The molecule has 0 aliphatic heterocycles. The van der Waals surface area contributed by atoms with Crippen LogP contribution >= 0.6 is 0 Å². The summed E-state index contributed by atoms with van der Waals surface area (Å²) in [6.45, 7) is 10.4. The second-order valence-electron chi connectivity index (χ2n) is 7.09. The lowest BCUT2D eigenvalue weighted by atomic mass is 9.86. The molecule has 136 valence electrons. The zero-order valence-electron chi connectivity index (χ0n) is 15.5. The molecule has 2 aromatic rings.